The first-order valence-electron chi connectivity index (χ1n) is 5.71. The molecular formula is C10H17N5O. The molecule has 0 spiro atoms. The second kappa shape index (κ2) is 5.60. The van der Waals surface area contributed by atoms with E-state index in [4.69, 9.17) is 0 Å². The lowest BCUT2D eigenvalue weighted by atomic mass is 10.2. The fraction of sp³-hybridized carbons (Fsp3) is 0.700. The molecule has 1 aliphatic rings. The largest absolute Gasteiger partial charge is 0.355 e. The molecule has 1 aliphatic heterocycles. The number of carbonyl (C=O) groups excluding carboxylic acids is 1. The number of aryl methyl sites for hydroxylation is 1. The van der Waals surface area contributed by atoms with E-state index >= 15 is 0 Å². The Bertz CT molecular complexity index is 318. The van der Waals surface area contributed by atoms with Gasteiger partial charge in [0.1, 0.15) is 12.2 Å². The van der Waals surface area contributed by atoms with Gasteiger partial charge in [0.2, 0.25) is 5.91 Å². The summed E-state index contributed by atoms with van der Waals surface area (Å²) in [6, 6.07) is 0.0188. The Hall–Kier alpha value is -1.43. The highest BCUT2D eigenvalue weighted by molar-refractivity contribution is 5.81. The molecule has 88 valence electrons. The Morgan fingerprint density at radius 2 is 2.56 bits per heavy atom. The van der Waals surface area contributed by atoms with Crippen LogP contribution in [0.4, 0.5) is 0 Å². The Morgan fingerprint density at radius 3 is 3.25 bits per heavy atom. The zero-order valence-electron chi connectivity index (χ0n) is 9.20. The van der Waals surface area contributed by atoms with Gasteiger partial charge in [-0.25, -0.2) is 4.98 Å². The summed E-state index contributed by atoms with van der Waals surface area (Å²) >= 11 is 0. The summed E-state index contributed by atoms with van der Waals surface area (Å²) < 4.78 is 0. The fourth-order valence-corrected chi connectivity index (χ4v) is 1.85. The Kier molecular flexibility index (Phi) is 3.87. The number of hydrogen-bond donors (Lipinski definition) is 3. The number of nitrogens with zero attached hydrogens (tertiary/aromatic N) is 2. The molecule has 2 heterocycles. The average molecular weight is 223 g/mol. The molecule has 6 nitrogen and oxygen atoms in total. The minimum Gasteiger partial charge on any atom is -0.355 e. The molecule has 0 bridgehead atoms. The van der Waals surface area contributed by atoms with Gasteiger partial charge in [-0.15, -0.1) is 0 Å². The maximum Gasteiger partial charge on any atom is 0.237 e. The van der Waals surface area contributed by atoms with E-state index in [1.807, 2.05) is 0 Å². The van der Waals surface area contributed by atoms with Crippen molar-refractivity contribution in [1.82, 2.24) is 25.8 Å². The van der Waals surface area contributed by atoms with Gasteiger partial charge >= 0.3 is 0 Å². The van der Waals surface area contributed by atoms with E-state index in [9.17, 15) is 4.79 Å². The van der Waals surface area contributed by atoms with Crippen LogP contribution in [-0.2, 0) is 11.2 Å². The third-order valence-corrected chi connectivity index (χ3v) is 2.73. The normalized spacial score (nSPS) is 19.9. The van der Waals surface area contributed by atoms with Gasteiger partial charge in [-0.1, -0.05) is 0 Å². The van der Waals surface area contributed by atoms with E-state index in [0.29, 0.717) is 6.54 Å². The third kappa shape index (κ3) is 3.03. The van der Waals surface area contributed by atoms with Gasteiger partial charge in [0.25, 0.3) is 0 Å². The highest BCUT2D eigenvalue weighted by Crippen LogP contribution is 2.04. The van der Waals surface area contributed by atoms with Crippen molar-refractivity contribution in [3.63, 3.8) is 0 Å². The minimum atomic E-state index is 0.0188. The van der Waals surface area contributed by atoms with E-state index in [1.165, 1.54) is 6.33 Å². The lowest BCUT2D eigenvalue weighted by Crippen LogP contribution is -2.40. The van der Waals surface area contributed by atoms with Gasteiger partial charge in [-0.2, -0.15) is 5.10 Å². The summed E-state index contributed by atoms with van der Waals surface area (Å²) in [6.45, 7) is 1.65. The molecule has 1 atom stereocenters. The second-order valence-corrected chi connectivity index (χ2v) is 3.98. The molecule has 2 rings (SSSR count). The summed E-state index contributed by atoms with van der Waals surface area (Å²) in [4.78, 5) is 15.6. The molecule has 16 heavy (non-hydrogen) atoms. The number of amides is 1. The number of rotatable bonds is 5. The molecule has 1 unspecified atom stereocenters. The molecule has 1 amide bonds. The van der Waals surface area contributed by atoms with Crippen LogP contribution in [0.2, 0.25) is 0 Å². The number of carbonyl (C=O) groups is 1. The van der Waals surface area contributed by atoms with Crippen LogP contribution < -0.4 is 10.6 Å². The van der Waals surface area contributed by atoms with Crippen molar-refractivity contribution >= 4 is 5.91 Å². The molecule has 1 fully saturated rings. The van der Waals surface area contributed by atoms with E-state index in [-0.39, 0.29) is 11.9 Å². The van der Waals surface area contributed by atoms with Crippen LogP contribution in [0.1, 0.15) is 25.1 Å². The Labute approximate surface area is 94.2 Å². The van der Waals surface area contributed by atoms with Crippen molar-refractivity contribution < 1.29 is 4.79 Å². The minimum absolute atomic E-state index is 0.0188. The second-order valence-electron chi connectivity index (χ2n) is 3.98. The molecule has 0 radical (unpaired) electrons. The van der Waals surface area contributed by atoms with Crippen LogP contribution >= 0.6 is 0 Å². The van der Waals surface area contributed by atoms with Gasteiger partial charge in [0.15, 0.2) is 0 Å². The van der Waals surface area contributed by atoms with E-state index in [1.54, 1.807) is 0 Å². The summed E-state index contributed by atoms with van der Waals surface area (Å²) in [5, 5.41) is 12.7. The molecule has 0 aromatic carbocycles. The summed E-state index contributed by atoms with van der Waals surface area (Å²) in [6.07, 6.45) is 5.24. The van der Waals surface area contributed by atoms with Crippen LogP contribution in [0.3, 0.4) is 0 Å². The predicted molar refractivity (Wildman–Crippen MR) is 58.7 cm³/mol. The van der Waals surface area contributed by atoms with Crippen molar-refractivity contribution in [2.45, 2.75) is 31.7 Å². The van der Waals surface area contributed by atoms with E-state index in [0.717, 1.165) is 38.1 Å². The van der Waals surface area contributed by atoms with Crippen LogP contribution in [0, 0.1) is 0 Å². The SMILES string of the molecule is O=C(NCCCc1ncn[nH]1)C1CCCN1. The van der Waals surface area contributed by atoms with Crippen LogP contribution in [0.15, 0.2) is 6.33 Å². The van der Waals surface area contributed by atoms with Crippen molar-refractivity contribution in [3.8, 4) is 0 Å². The van der Waals surface area contributed by atoms with Crippen molar-refractivity contribution in [2.75, 3.05) is 13.1 Å². The molecule has 6 heteroatoms. The summed E-state index contributed by atoms with van der Waals surface area (Å²) in [7, 11) is 0. The number of aromatic nitrogens is 3. The lowest BCUT2D eigenvalue weighted by molar-refractivity contribution is -0.122. The first-order valence-corrected chi connectivity index (χ1v) is 5.71. The van der Waals surface area contributed by atoms with Crippen LogP contribution in [0.25, 0.3) is 0 Å². The van der Waals surface area contributed by atoms with Crippen molar-refractivity contribution in [3.05, 3.63) is 12.2 Å². The fourth-order valence-electron chi connectivity index (χ4n) is 1.85. The van der Waals surface area contributed by atoms with Gasteiger partial charge in [-0.3, -0.25) is 9.89 Å². The summed E-state index contributed by atoms with van der Waals surface area (Å²) in [5.41, 5.74) is 0. The number of aromatic amines is 1. The van der Waals surface area contributed by atoms with Crippen molar-refractivity contribution in [1.29, 1.82) is 0 Å². The number of nitrogens with one attached hydrogen (secondary N) is 3. The third-order valence-electron chi connectivity index (χ3n) is 2.73. The van der Waals surface area contributed by atoms with Gasteiger partial charge < -0.3 is 10.6 Å². The first-order chi connectivity index (χ1) is 7.86. The Balaban J connectivity index is 1.59. The molecule has 0 saturated carbocycles. The lowest BCUT2D eigenvalue weighted by Gasteiger charge is -2.10. The molecule has 1 aromatic heterocycles. The van der Waals surface area contributed by atoms with Gasteiger partial charge in [-0.05, 0) is 25.8 Å². The summed E-state index contributed by atoms with van der Waals surface area (Å²) in [5.74, 6) is 0.989. The van der Waals surface area contributed by atoms with Crippen LogP contribution in [-0.4, -0.2) is 40.2 Å². The topological polar surface area (TPSA) is 82.7 Å². The first kappa shape index (κ1) is 11.1. The van der Waals surface area contributed by atoms with Gasteiger partial charge in [0.05, 0.1) is 6.04 Å². The highest BCUT2D eigenvalue weighted by Gasteiger charge is 2.20. The highest BCUT2D eigenvalue weighted by atomic mass is 16.2. The standard InChI is InChI=1S/C10H17N5O/c16-10(8-3-1-5-11-8)12-6-2-4-9-13-7-14-15-9/h7-8,11H,1-6H2,(H,12,16)(H,13,14,15). The van der Waals surface area contributed by atoms with Gasteiger partial charge in [0, 0.05) is 13.0 Å². The average Bonchev–Trinajstić information content (AvgIpc) is 2.96. The van der Waals surface area contributed by atoms with Crippen LogP contribution in [0.5, 0.6) is 0 Å². The predicted octanol–water partition coefficient (Wildman–Crippen LogP) is -0.395. The zero-order valence-corrected chi connectivity index (χ0v) is 9.20. The molecule has 1 aromatic rings. The number of hydrogen-bond acceptors (Lipinski definition) is 4. The monoisotopic (exact) mass is 223 g/mol. The zero-order chi connectivity index (χ0) is 11.2. The Morgan fingerprint density at radius 1 is 1.62 bits per heavy atom. The van der Waals surface area contributed by atoms with Crippen molar-refractivity contribution in [2.24, 2.45) is 0 Å². The molecule has 0 aliphatic carbocycles. The maximum absolute atomic E-state index is 11.6. The quantitative estimate of drug-likeness (QED) is 0.593. The number of H-pyrrole nitrogens is 1. The molecule has 3 N–H and O–H groups in total. The van der Waals surface area contributed by atoms with E-state index < -0.39 is 0 Å². The maximum atomic E-state index is 11.6. The molecule has 1 saturated heterocycles. The molecular weight excluding hydrogens is 206 g/mol. The smallest absolute Gasteiger partial charge is 0.237 e. The van der Waals surface area contributed by atoms with E-state index in [2.05, 4.69) is 25.8 Å².